The highest BCUT2D eigenvalue weighted by molar-refractivity contribution is 6.01. The van der Waals surface area contributed by atoms with E-state index in [1.165, 1.54) is 16.5 Å². The Balaban J connectivity index is 1.47. The number of aliphatic hydroxyl groups excluding tert-OH is 1. The lowest BCUT2D eigenvalue weighted by Crippen LogP contribution is -2.49. The molecule has 4 rings (SSSR count). The Bertz CT molecular complexity index is 1130. The zero-order valence-electron chi connectivity index (χ0n) is 19.0. The maximum absolute atomic E-state index is 14.8. The molecule has 0 saturated heterocycles. The van der Waals surface area contributed by atoms with E-state index in [9.17, 15) is 19.1 Å². The van der Waals surface area contributed by atoms with Crippen molar-refractivity contribution in [2.45, 2.75) is 33.2 Å². The highest BCUT2D eigenvalue weighted by atomic mass is 19.1. The Morgan fingerprint density at radius 1 is 1.36 bits per heavy atom. The standard InChI is InChI=1S/C24H28FN5O3/c1-4-30-23(32)21-18(25)11-15(12-20(21)28-24(30)33)13-29-9-7-16(8-10-29)17-5-6-19(22(31)26-3)27-14(17)2/h5-7,11-12,24,28,33H,4,8-10,13H2,1-3H3,(H,26,31). The van der Waals surface area contributed by atoms with Gasteiger partial charge in [0.15, 0.2) is 0 Å². The number of aromatic nitrogens is 1. The van der Waals surface area contributed by atoms with Gasteiger partial charge >= 0.3 is 0 Å². The van der Waals surface area contributed by atoms with Crippen molar-refractivity contribution in [1.29, 1.82) is 0 Å². The highest BCUT2D eigenvalue weighted by Crippen LogP contribution is 2.30. The average Bonchev–Trinajstić information content (AvgIpc) is 2.79. The van der Waals surface area contributed by atoms with Crippen LogP contribution in [0.15, 0.2) is 30.3 Å². The number of fused-ring (bicyclic) bond motifs is 1. The smallest absolute Gasteiger partial charge is 0.269 e. The van der Waals surface area contributed by atoms with Gasteiger partial charge in [0.1, 0.15) is 11.5 Å². The molecule has 1 aromatic carbocycles. The van der Waals surface area contributed by atoms with Gasteiger partial charge in [0, 0.05) is 38.9 Å². The van der Waals surface area contributed by atoms with Gasteiger partial charge in [0.25, 0.3) is 11.8 Å². The third kappa shape index (κ3) is 4.46. The van der Waals surface area contributed by atoms with Crippen molar-refractivity contribution in [3.8, 4) is 0 Å². The number of pyridine rings is 1. The molecule has 0 aliphatic carbocycles. The van der Waals surface area contributed by atoms with Crippen LogP contribution >= 0.6 is 0 Å². The van der Waals surface area contributed by atoms with Crippen LogP contribution in [0.25, 0.3) is 5.57 Å². The molecule has 0 bridgehead atoms. The Morgan fingerprint density at radius 2 is 2.15 bits per heavy atom. The molecule has 174 valence electrons. The predicted molar refractivity (Wildman–Crippen MR) is 123 cm³/mol. The van der Waals surface area contributed by atoms with Crippen molar-refractivity contribution < 1.29 is 19.1 Å². The third-order valence-electron chi connectivity index (χ3n) is 6.14. The third-order valence-corrected chi connectivity index (χ3v) is 6.14. The van der Waals surface area contributed by atoms with Crippen molar-refractivity contribution in [3.05, 3.63) is 64.2 Å². The van der Waals surface area contributed by atoms with Gasteiger partial charge in [-0.2, -0.15) is 0 Å². The Hall–Kier alpha value is -3.30. The molecular weight excluding hydrogens is 425 g/mol. The number of amides is 2. The zero-order chi connectivity index (χ0) is 23.7. The Labute approximate surface area is 192 Å². The van der Waals surface area contributed by atoms with E-state index in [0.29, 0.717) is 24.5 Å². The van der Waals surface area contributed by atoms with Crippen molar-refractivity contribution in [1.82, 2.24) is 20.1 Å². The lowest BCUT2D eigenvalue weighted by molar-refractivity contribution is 0.0205. The molecular formula is C24H28FN5O3. The molecule has 0 saturated carbocycles. The molecule has 2 aliphatic rings. The van der Waals surface area contributed by atoms with Crippen LogP contribution in [-0.4, -0.2) is 64.7 Å². The van der Waals surface area contributed by atoms with E-state index >= 15 is 0 Å². The predicted octanol–water partition coefficient (Wildman–Crippen LogP) is 2.34. The summed E-state index contributed by atoms with van der Waals surface area (Å²) < 4.78 is 14.8. The number of halogens is 1. The summed E-state index contributed by atoms with van der Waals surface area (Å²) >= 11 is 0. The summed E-state index contributed by atoms with van der Waals surface area (Å²) in [5, 5.41) is 15.5. The first kappa shape index (κ1) is 22.9. The van der Waals surface area contributed by atoms with E-state index in [1.807, 2.05) is 13.0 Å². The number of nitrogens with one attached hydrogen (secondary N) is 2. The molecule has 0 fully saturated rings. The van der Waals surface area contributed by atoms with Crippen molar-refractivity contribution in [3.63, 3.8) is 0 Å². The maximum Gasteiger partial charge on any atom is 0.269 e. The fourth-order valence-electron chi connectivity index (χ4n) is 4.39. The van der Waals surface area contributed by atoms with Crippen LogP contribution < -0.4 is 10.6 Å². The van der Waals surface area contributed by atoms with Crippen LogP contribution in [-0.2, 0) is 6.54 Å². The lowest BCUT2D eigenvalue weighted by Gasteiger charge is -2.34. The van der Waals surface area contributed by atoms with E-state index in [4.69, 9.17) is 0 Å². The Kier molecular flexibility index (Phi) is 6.44. The zero-order valence-corrected chi connectivity index (χ0v) is 19.0. The summed E-state index contributed by atoms with van der Waals surface area (Å²) in [4.78, 5) is 32.1. The molecule has 3 N–H and O–H groups in total. The number of rotatable bonds is 5. The summed E-state index contributed by atoms with van der Waals surface area (Å²) in [6, 6.07) is 6.79. The highest BCUT2D eigenvalue weighted by Gasteiger charge is 2.32. The minimum atomic E-state index is -1.17. The van der Waals surface area contributed by atoms with Gasteiger partial charge in [0.05, 0.1) is 11.3 Å². The second-order valence-corrected chi connectivity index (χ2v) is 8.23. The quantitative estimate of drug-likeness (QED) is 0.643. The molecule has 1 aromatic heterocycles. The molecule has 0 radical (unpaired) electrons. The lowest BCUT2D eigenvalue weighted by atomic mass is 9.97. The number of anilines is 1. The van der Waals surface area contributed by atoms with Gasteiger partial charge < -0.3 is 15.7 Å². The molecule has 9 heteroatoms. The number of hydrogen-bond donors (Lipinski definition) is 3. The van der Waals surface area contributed by atoms with Crippen molar-refractivity contribution in [2.24, 2.45) is 0 Å². The molecule has 3 heterocycles. The van der Waals surface area contributed by atoms with Gasteiger partial charge in [-0.15, -0.1) is 0 Å². The summed E-state index contributed by atoms with van der Waals surface area (Å²) in [6.07, 6.45) is 1.76. The van der Waals surface area contributed by atoms with Gasteiger partial charge in [-0.05, 0) is 55.2 Å². The number of aliphatic hydroxyl groups is 1. The van der Waals surface area contributed by atoms with E-state index in [-0.39, 0.29) is 18.0 Å². The van der Waals surface area contributed by atoms with E-state index in [1.54, 1.807) is 26.1 Å². The van der Waals surface area contributed by atoms with Crippen LogP contribution in [0.2, 0.25) is 0 Å². The molecule has 1 unspecified atom stereocenters. The number of hydrogen-bond acceptors (Lipinski definition) is 6. The fourth-order valence-corrected chi connectivity index (χ4v) is 4.39. The summed E-state index contributed by atoms with van der Waals surface area (Å²) in [5.41, 5.74) is 4.42. The second-order valence-electron chi connectivity index (χ2n) is 8.23. The van der Waals surface area contributed by atoms with Crippen LogP contribution in [0.4, 0.5) is 10.1 Å². The summed E-state index contributed by atoms with van der Waals surface area (Å²) in [7, 11) is 1.58. The number of benzene rings is 1. The van der Waals surface area contributed by atoms with Crippen molar-refractivity contribution >= 4 is 23.1 Å². The molecule has 2 aromatic rings. The monoisotopic (exact) mass is 453 g/mol. The van der Waals surface area contributed by atoms with Gasteiger partial charge in [-0.25, -0.2) is 9.37 Å². The van der Waals surface area contributed by atoms with Gasteiger partial charge in [0.2, 0.25) is 6.35 Å². The first-order valence-electron chi connectivity index (χ1n) is 11.0. The van der Waals surface area contributed by atoms with E-state index in [0.717, 1.165) is 29.8 Å². The largest absolute Gasteiger partial charge is 0.356 e. The number of aryl methyl sites for hydroxylation is 1. The second kappa shape index (κ2) is 9.29. The van der Waals surface area contributed by atoms with E-state index < -0.39 is 18.1 Å². The van der Waals surface area contributed by atoms with Gasteiger partial charge in [-0.3, -0.25) is 19.4 Å². The summed E-state index contributed by atoms with van der Waals surface area (Å²) in [6.45, 7) is 5.88. The Morgan fingerprint density at radius 3 is 2.79 bits per heavy atom. The van der Waals surface area contributed by atoms with Crippen molar-refractivity contribution in [2.75, 3.05) is 32.0 Å². The minimum Gasteiger partial charge on any atom is -0.356 e. The van der Waals surface area contributed by atoms with Crippen LogP contribution in [0, 0.1) is 12.7 Å². The molecule has 1 atom stereocenters. The van der Waals surface area contributed by atoms with E-state index in [2.05, 4.69) is 26.6 Å². The summed E-state index contributed by atoms with van der Waals surface area (Å²) in [5.74, 6) is -1.31. The van der Waals surface area contributed by atoms with Crippen LogP contribution in [0.1, 0.15) is 51.0 Å². The topological polar surface area (TPSA) is 97.8 Å². The molecule has 8 nitrogen and oxygen atoms in total. The molecule has 33 heavy (non-hydrogen) atoms. The first-order valence-corrected chi connectivity index (χ1v) is 11.0. The molecule has 2 aliphatic heterocycles. The number of carbonyl (C=O) groups excluding carboxylic acids is 2. The normalized spacial score (nSPS) is 18.5. The number of carbonyl (C=O) groups is 2. The van der Waals surface area contributed by atoms with Crippen LogP contribution in [0.5, 0.6) is 0 Å². The minimum absolute atomic E-state index is 0.0325. The number of nitrogens with zero attached hydrogens (tertiary/aromatic N) is 3. The average molecular weight is 454 g/mol. The first-order chi connectivity index (χ1) is 15.8. The van der Waals surface area contributed by atoms with Gasteiger partial charge in [-0.1, -0.05) is 12.1 Å². The van der Waals surface area contributed by atoms with Crippen LogP contribution in [0.3, 0.4) is 0 Å². The molecule has 0 spiro atoms. The fraction of sp³-hybridized carbons (Fsp3) is 0.375. The molecule has 2 amide bonds. The maximum atomic E-state index is 14.8. The SMILES string of the molecule is CCN1C(=O)c2c(F)cc(CN3CC=C(c4ccc(C(=O)NC)nc4C)CC3)cc2NC1O.